The minimum Gasteiger partial charge on any atom is -0.744 e. The summed E-state index contributed by atoms with van der Waals surface area (Å²) < 4.78 is 32.9. The molecule has 2 aromatic rings. The van der Waals surface area contributed by atoms with E-state index >= 15 is 0 Å². The van der Waals surface area contributed by atoms with Crippen LogP contribution in [0.3, 0.4) is 0 Å². The molecule has 0 fully saturated rings. The normalized spacial score (nSPS) is 11.6. The van der Waals surface area contributed by atoms with Crippen molar-refractivity contribution in [2.75, 3.05) is 0 Å². The third-order valence-corrected chi connectivity index (χ3v) is 3.20. The Morgan fingerprint density at radius 1 is 1.12 bits per heavy atom. The van der Waals surface area contributed by atoms with Gasteiger partial charge in [0.25, 0.3) is 5.69 Å². The zero-order valence-corrected chi connectivity index (χ0v) is 9.18. The first-order valence-electron chi connectivity index (χ1n) is 4.52. The van der Waals surface area contributed by atoms with Crippen LogP contribution in [-0.2, 0) is 10.1 Å². The fourth-order valence-corrected chi connectivity index (χ4v) is 2.27. The molecule has 0 aliphatic heterocycles. The van der Waals surface area contributed by atoms with E-state index in [-0.39, 0.29) is 16.0 Å². The second-order valence-electron chi connectivity index (χ2n) is 3.37. The number of benzene rings is 2. The molecular formula is C10H6NO5S-. The Labute approximate surface area is 96.4 Å². The number of non-ortho nitro benzene ring substituents is 1. The van der Waals surface area contributed by atoms with Gasteiger partial charge in [-0.3, -0.25) is 10.1 Å². The van der Waals surface area contributed by atoms with Gasteiger partial charge in [0.15, 0.2) is 0 Å². The summed E-state index contributed by atoms with van der Waals surface area (Å²) in [5.41, 5.74) is -0.155. The van der Waals surface area contributed by atoms with Crippen LogP contribution < -0.4 is 0 Å². The SMILES string of the molecule is O=[N+]([O-])c1ccc2c(S(=O)(=O)[O-])cccc2c1. The van der Waals surface area contributed by atoms with Gasteiger partial charge >= 0.3 is 0 Å². The van der Waals surface area contributed by atoms with Crippen molar-refractivity contribution in [3.8, 4) is 0 Å². The zero-order chi connectivity index (χ0) is 12.6. The maximum absolute atomic E-state index is 11.0. The van der Waals surface area contributed by atoms with Crippen LogP contribution >= 0.6 is 0 Å². The predicted octanol–water partition coefficient (Wildman–Crippen LogP) is 1.65. The van der Waals surface area contributed by atoms with Gasteiger partial charge in [0.05, 0.1) is 9.82 Å². The minimum absolute atomic E-state index is 0.155. The van der Waals surface area contributed by atoms with Crippen LogP contribution in [0.4, 0.5) is 5.69 Å². The molecule has 0 saturated heterocycles. The first kappa shape index (κ1) is 11.5. The molecule has 2 rings (SSSR count). The highest BCUT2D eigenvalue weighted by atomic mass is 32.2. The molecule has 7 heteroatoms. The quantitative estimate of drug-likeness (QED) is 0.459. The first-order chi connectivity index (χ1) is 7.89. The Kier molecular flexibility index (Phi) is 2.56. The molecule has 0 heterocycles. The van der Waals surface area contributed by atoms with E-state index in [1.165, 1.54) is 30.3 Å². The number of hydrogen-bond donors (Lipinski definition) is 0. The third-order valence-electron chi connectivity index (χ3n) is 2.30. The summed E-state index contributed by atoms with van der Waals surface area (Å²) in [6.07, 6.45) is 0. The highest BCUT2D eigenvalue weighted by Crippen LogP contribution is 2.26. The largest absolute Gasteiger partial charge is 0.744 e. The van der Waals surface area contributed by atoms with Crippen molar-refractivity contribution in [3.05, 3.63) is 46.5 Å². The van der Waals surface area contributed by atoms with Crippen LogP contribution in [0.25, 0.3) is 10.8 Å². The van der Waals surface area contributed by atoms with Gasteiger partial charge in [0, 0.05) is 12.1 Å². The number of nitrogens with zero attached hydrogens (tertiary/aromatic N) is 1. The topological polar surface area (TPSA) is 100 Å². The van der Waals surface area contributed by atoms with Gasteiger partial charge in [-0.05, 0) is 22.9 Å². The Balaban J connectivity index is 2.81. The van der Waals surface area contributed by atoms with Crippen molar-refractivity contribution in [2.45, 2.75) is 4.90 Å². The summed E-state index contributed by atoms with van der Waals surface area (Å²) >= 11 is 0. The molecule has 0 bridgehead atoms. The molecule has 0 radical (unpaired) electrons. The van der Waals surface area contributed by atoms with Gasteiger partial charge in [-0.25, -0.2) is 8.42 Å². The molecule has 0 aliphatic rings. The molecule has 2 aromatic carbocycles. The van der Waals surface area contributed by atoms with E-state index in [0.29, 0.717) is 5.39 Å². The standard InChI is InChI=1S/C10H7NO5S/c12-11(13)8-4-5-9-7(6-8)2-1-3-10(9)17(14,15)16/h1-6H,(H,14,15,16)/p-1. The maximum Gasteiger partial charge on any atom is 0.270 e. The lowest BCUT2D eigenvalue weighted by Crippen LogP contribution is -1.99. The van der Waals surface area contributed by atoms with Gasteiger partial charge in [-0.1, -0.05) is 12.1 Å². The second-order valence-corrected chi connectivity index (χ2v) is 4.72. The van der Waals surface area contributed by atoms with Crippen LogP contribution in [0.15, 0.2) is 41.3 Å². The summed E-state index contributed by atoms with van der Waals surface area (Å²) in [5.74, 6) is 0. The van der Waals surface area contributed by atoms with E-state index < -0.39 is 15.0 Å². The lowest BCUT2D eigenvalue weighted by atomic mass is 10.1. The second kappa shape index (κ2) is 3.79. The first-order valence-corrected chi connectivity index (χ1v) is 5.93. The predicted molar refractivity (Wildman–Crippen MR) is 58.6 cm³/mol. The molecule has 0 unspecified atom stereocenters. The molecular weight excluding hydrogens is 246 g/mol. The maximum atomic E-state index is 11.0. The van der Waals surface area contributed by atoms with E-state index in [0.717, 1.165) is 6.07 Å². The summed E-state index contributed by atoms with van der Waals surface area (Å²) in [6.45, 7) is 0. The Morgan fingerprint density at radius 2 is 1.82 bits per heavy atom. The van der Waals surface area contributed by atoms with Crippen LogP contribution in [0.1, 0.15) is 0 Å². The van der Waals surface area contributed by atoms with Crippen molar-refractivity contribution < 1.29 is 17.9 Å². The van der Waals surface area contributed by atoms with E-state index in [4.69, 9.17) is 0 Å². The lowest BCUT2D eigenvalue weighted by Gasteiger charge is -2.09. The Morgan fingerprint density at radius 3 is 2.41 bits per heavy atom. The highest BCUT2D eigenvalue weighted by molar-refractivity contribution is 7.86. The molecule has 0 aliphatic carbocycles. The Bertz CT molecular complexity index is 708. The number of nitro benzene ring substituents is 1. The molecule has 17 heavy (non-hydrogen) atoms. The van der Waals surface area contributed by atoms with Crippen molar-refractivity contribution in [3.63, 3.8) is 0 Å². The minimum atomic E-state index is -4.58. The van der Waals surface area contributed by atoms with E-state index in [9.17, 15) is 23.1 Å². The highest BCUT2D eigenvalue weighted by Gasteiger charge is 2.10. The van der Waals surface area contributed by atoms with E-state index in [1.807, 2.05) is 0 Å². The third kappa shape index (κ3) is 2.10. The molecule has 0 amide bonds. The lowest BCUT2D eigenvalue weighted by molar-refractivity contribution is -0.384. The van der Waals surface area contributed by atoms with Crippen LogP contribution in [0, 0.1) is 10.1 Å². The number of fused-ring (bicyclic) bond motifs is 1. The van der Waals surface area contributed by atoms with Crippen molar-refractivity contribution >= 4 is 26.6 Å². The number of hydrogen-bond acceptors (Lipinski definition) is 5. The zero-order valence-electron chi connectivity index (χ0n) is 8.36. The van der Waals surface area contributed by atoms with Crippen molar-refractivity contribution in [1.29, 1.82) is 0 Å². The van der Waals surface area contributed by atoms with Gasteiger partial charge in [-0.2, -0.15) is 0 Å². The Hall–Kier alpha value is -1.99. The van der Waals surface area contributed by atoms with Gasteiger partial charge < -0.3 is 4.55 Å². The smallest absolute Gasteiger partial charge is 0.270 e. The van der Waals surface area contributed by atoms with Gasteiger partial charge in [0.2, 0.25) is 0 Å². The average Bonchev–Trinajstić information content (AvgIpc) is 2.26. The van der Waals surface area contributed by atoms with E-state index in [2.05, 4.69) is 0 Å². The summed E-state index contributed by atoms with van der Waals surface area (Å²) in [7, 11) is -4.58. The fraction of sp³-hybridized carbons (Fsp3) is 0. The molecule has 0 spiro atoms. The molecule has 0 aromatic heterocycles. The van der Waals surface area contributed by atoms with Gasteiger partial charge in [-0.15, -0.1) is 0 Å². The van der Waals surface area contributed by atoms with Crippen LogP contribution in [0.2, 0.25) is 0 Å². The summed E-state index contributed by atoms with van der Waals surface area (Å²) in [6, 6.07) is 7.71. The molecule has 0 atom stereocenters. The van der Waals surface area contributed by atoms with Crippen molar-refractivity contribution in [1.82, 2.24) is 0 Å². The van der Waals surface area contributed by atoms with Crippen LogP contribution in [-0.4, -0.2) is 17.9 Å². The average molecular weight is 252 g/mol. The molecule has 6 nitrogen and oxygen atoms in total. The molecule has 88 valence electrons. The monoisotopic (exact) mass is 252 g/mol. The van der Waals surface area contributed by atoms with E-state index in [1.54, 1.807) is 0 Å². The van der Waals surface area contributed by atoms with Crippen LogP contribution in [0.5, 0.6) is 0 Å². The van der Waals surface area contributed by atoms with Crippen molar-refractivity contribution in [2.24, 2.45) is 0 Å². The number of nitro groups is 1. The summed E-state index contributed by atoms with van der Waals surface area (Å²) in [5, 5.41) is 11.1. The molecule has 0 N–H and O–H groups in total. The van der Waals surface area contributed by atoms with Gasteiger partial charge in [0.1, 0.15) is 10.1 Å². The summed E-state index contributed by atoms with van der Waals surface area (Å²) in [4.78, 5) is 9.60. The fourth-order valence-electron chi connectivity index (χ4n) is 1.57. The molecule has 0 saturated carbocycles. The number of rotatable bonds is 2.